The summed E-state index contributed by atoms with van der Waals surface area (Å²) in [4.78, 5) is 6.58. The summed E-state index contributed by atoms with van der Waals surface area (Å²) in [6.45, 7) is 6.62. The molecule has 3 aliphatic rings. The van der Waals surface area contributed by atoms with E-state index in [9.17, 15) is 0 Å². The number of ether oxygens (including phenoxy) is 1. The highest BCUT2D eigenvalue weighted by Crippen LogP contribution is 2.69. The van der Waals surface area contributed by atoms with Crippen LogP contribution >= 0.6 is 0 Å². The van der Waals surface area contributed by atoms with E-state index < -0.39 is 0 Å². The number of rotatable bonds is 2. The van der Waals surface area contributed by atoms with E-state index in [-0.39, 0.29) is 17.2 Å². The number of hydrogen-bond acceptors (Lipinski definition) is 3. The summed E-state index contributed by atoms with van der Waals surface area (Å²) >= 11 is 0. The maximum absolute atomic E-state index is 6.58. The molecule has 0 aromatic heterocycles. The quantitative estimate of drug-likeness (QED) is 0.757. The third-order valence-corrected chi connectivity index (χ3v) is 6.03. The fourth-order valence-electron chi connectivity index (χ4n) is 4.77. The molecule has 3 atom stereocenters. The van der Waals surface area contributed by atoms with Crippen molar-refractivity contribution in [2.75, 3.05) is 7.11 Å². The van der Waals surface area contributed by atoms with Crippen LogP contribution < -0.4 is 0 Å². The maximum atomic E-state index is 6.58. The van der Waals surface area contributed by atoms with Crippen molar-refractivity contribution in [1.29, 1.82) is 0 Å². The Labute approximate surface area is 155 Å². The highest BCUT2D eigenvalue weighted by atomic mass is 16.7. The minimum absolute atomic E-state index is 0.0736. The fraction of sp³-hybridized carbons (Fsp3) is 0.391. The van der Waals surface area contributed by atoms with Crippen LogP contribution in [0, 0.1) is 0 Å². The zero-order valence-electron chi connectivity index (χ0n) is 15.8. The van der Waals surface area contributed by atoms with Crippen LogP contribution in [0.3, 0.4) is 0 Å². The molecule has 3 nitrogen and oxygen atoms in total. The Bertz CT molecular complexity index is 896. The molecular formula is C23H25NO2. The van der Waals surface area contributed by atoms with E-state index in [0.717, 1.165) is 12.2 Å². The molecule has 2 aromatic carbocycles. The average Bonchev–Trinajstić information content (AvgIpc) is 3.25. The van der Waals surface area contributed by atoms with E-state index in [0.29, 0.717) is 5.92 Å². The first-order valence-electron chi connectivity index (χ1n) is 9.39. The van der Waals surface area contributed by atoms with Crippen LogP contribution in [-0.2, 0) is 9.57 Å². The number of hydrogen-bond donors (Lipinski definition) is 0. The smallest absolute Gasteiger partial charge is 0.159 e. The topological polar surface area (TPSA) is 21.7 Å². The van der Waals surface area contributed by atoms with Crippen LogP contribution in [0.5, 0.6) is 0 Å². The largest absolute Gasteiger partial charge is 0.404 e. The van der Waals surface area contributed by atoms with Crippen molar-refractivity contribution in [1.82, 2.24) is 5.06 Å². The Balaban J connectivity index is 1.76. The van der Waals surface area contributed by atoms with Gasteiger partial charge in [0.1, 0.15) is 5.60 Å². The molecule has 1 aliphatic heterocycles. The molecule has 0 N–H and O–H groups in total. The van der Waals surface area contributed by atoms with E-state index >= 15 is 0 Å². The molecular weight excluding hydrogens is 322 g/mol. The Kier molecular flexibility index (Phi) is 3.23. The van der Waals surface area contributed by atoms with Gasteiger partial charge in [0, 0.05) is 29.7 Å². The number of nitrogens with zero attached hydrogens (tertiary/aromatic N) is 1. The maximum Gasteiger partial charge on any atom is 0.159 e. The first-order valence-corrected chi connectivity index (χ1v) is 9.39. The predicted molar refractivity (Wildman–Crippen MR) is 102 cm³/mol. The molecule has 0 radical (unpaired) electrons. The van der Waals surface area contributed by atoms with Gasteiger partial charge in [-0.05, 0) is 38.3 Å². The first-order chi connectivity index (χ1) is 12.5. The van der Waals surface area contributed by atoms with E-state index in [1.165, 1.54) is 22.3 Å². The lowest BCUT2D eigenvalue weighted by Crippen LogP contribution is -2.42. The molecule has 1 heterocycles. The summed E-state index contributed by atoms with van der Waals surface area (Å²) in [7, 11) is 1.85. The molecule has 0 unspecified atom stereocenters. The standard InChI is InChI=1S/C23H25NO2/c1-22(2,3)24-20(15-10-6-5-7-11-15)19-21(26-24)17-13-9-8-12-16(17)18-14-23(18,19)25-4/h5-13,18,20H,14H2,1-4H3/t18-,20-,23+/m0/s1. The van der Waals surface area contributed by atoms with E-state index in [1.54, 1.807) is 0 Å². The van der Waals surface area contributed by atoms with Crippen LogP contribution in [-0.4, -0.2) is 23.3 Å². The van der Waals surface area contributed by atoms with Gasteiger partial charge in [-0.2, -0.15) is 0 Å². The lowest BCUT2D eigenvalue weighted by Gasteiger charge is -2.36. The van der Waals surface area contributed by atoms with Crippen molar-refractivity contribution >= 4 is 5.76 Å². The Morgan fingerprint density at radius 1 is 1.04 bits per heavy atom. The molecule has 0 spiro atoms. The summed E-state index contributed by atoms with van der Waals surface area (Å²) in [6.07, 6.45) is 1.03. The van der Waals surface area contributed by atoms with Gasteiger partial charge < -0.3 is 9.57 Å². The van der Waals surface area contributed by atoms with Gasteiger partial charge in [0.25, 0.3) is 0 Å². The van der Waals surface area contributed by atoms with Crippen LogP contribution in [0.2, 0.25) is 0 Å². The first kappa shape index (κ1) is 16.1. The molecule has 3 heteroatoms. The van der Waals surface area contributed by atoms with Crippen molar-refractivity contribution in [2.24, 2.45) is 0 Å². The summed E-state index contributed by atoms with van der Waals surface area (Å²) in [5, 5.41) is 2.16. The van der Waals surface area contributed by atoms with Gasteiger partial charge in [0.05, 0.1) is 6.04 Å². The molecule has 0 bridgehead atoms. The van der Waals surface area contributed by atoms with Crippen LogP contribution in [0.1, 0.15) is 55.8 Å². The lowest BCUT2D eigenvalue weighted by molar-refractivity contribution is -0.158. The van der Waals surface area contributed by atoms with Crippen molar-refractivity contribution < 1.29 is 9.57 Å². The minimum atomic E-state index is -0.232. The Morgan fingerprint density at radius 2 is 1.73 bits per heavy atom. The molecule has 2 aliphatic carbocycles. The molecule has 0 saturated heterocycles. The SMILES string of the molecule is CO[C@]12C[C@H]1c1ccccc1C1=C2[C@H](c2ccccc2)N(C(C)(C)C)O1. The van der Waals surface area contributed by atoms with Crippen molar-refractivity contribution in [3.8, 4) is 0 Å². The highest BCUT2D eigenvalue weighted by Gasteiger charge is 2.67. The van der Waals surface area contributed by atoms with Crippen molar-refractivity contribution in [2.45, 2.75) is 50.3 Å². The Morgan fingerprint density at radius 3 is 2.42 bits per heavy atom. The molecule has 1 fully saturated rings. The second kappa shape index (κ2) is 5.21. The normalized spacial score (nSPS) is 29.7. The zero-order valence-corrected chi connectivity index (χ0v) is 15.8. The highest BCUT2D eigenvalue weighted by molar-refractivity contribution is 5.78. The molecule has 5 rings (SSSR count). The average molecular weight is 347 g/mol. The predicted octanol–water partition coefficient (Wildman–Crippen LogP) is 5.07. The number of methoxy groups -OCH3 is 1. The fourth-order valence-corrected chi connectivity index (χ4v) is 4.77. The summed E-state index contributed by atoms with van der Waals surface area (Å²) in [6, 6.07) is 19.4. The molecule has 1 saturated carbocycles. The molecule has 2 aromatic rings. The van der Waals surface area contributed by atoms with Gasteiger partial charge >= 0.3 is 0 Å². The molecule has 134 valence electrons. The van der Waals surface area contributed by atoms with Crippen LogP contribution in [0.4, 0.5) is 0 Å². The summed E-state index contributed by atoms with van der Waals surface area (Å²) in [5.41, 5.74) is 4.77. The number of hydroxylamine groups is 2. The van der Waals surface area contributed by atoms with Crippen LogP contribution in [0.25, 0.3) is 5.76 Å². The number of fused-ring (bicyclic) bond motifs is 5. The summed E-state index contributed by atoms with van der Waals surface area (Å²) in [5.74, 6) is 1.43. The van der Waals surface area contributed by atoms with E-state index in [1.807, 2.05) is 7.11 Å². The second-order valence-electron chi connectivity index (χ2n) is 8.58. The molecule has 26 heavy (non-hydrogen) atoms. The Hall–Kier alpha value is -2.10. The molecule has 0 amide bonds. The van der Waals surface area contributed by atoms with Gasteiger partial charge in [-0.1, -0.05) is 54.6 Å². The van der Waals surface area contributed by atoms with E-state index in [2.05, 4.69) is 80.4 Å². The van der Waals surface area contributed by atoms with Crippen molar-refractivity contribution in [3.63, 3.8) is 0 Å². The third-order valence-electron chi connectivity index (χ3n) is 6.03. The van der Waals surface area contributed by atoms with Gasteiger partial charge in [-0.3, -0.25) is 0 Å². The number of benzene rings is 2. The van der Waals surface area contributed by atoms with Gasteiger partial charge in [0.15, 0.2) is 5.76 Å². The summed E-state index contributed by atoms with van der Waals surface area (Å²) < 4.78 is 6.17. The third kappa shape index (κ3) is 2.02. The zero-order chi connectivity index (χ0) is 18.1. The van der Waals surface area contributed by atoms with Gasteiger partial charge in [-0.25, -0.2) is 0 Å². The van der Waals surface area contributed by atoms with Crippen LogP contribution in [0.15, 0.2) is 60.2 Å². The van der Waals surface area contributed by atoms with E-state index in [4.69, 9.17) is 9.57 Å². The minimum Gasteiger partial charge on any atom is -0.404 e. The second-order valence-corrected chi connectivity index (χ2v) is 8.58. The van der Waals surface area contributed by atoms with Gasteiger partial charge in [-0.15, -0.1) is 5.06 Å². The van der Waals surface area contributed by atoms with Crippen molar-refractivity contribution in [3.05, 3.63) is 76.9 Å². The lowest BCUT2D eigenvalue weighted by atomic mass is 9.82. The monoisotopic (exact) mass is 347 g/mol. The van der Waals surface area contributed by atoms with Gasteiger partial charge in [0.2, 0.25) is 0 Å².